The molecule has 6 heteroatoms. The van der Waals surface area contributed by atoms with Crippen molar-refractivity contribution in [2.45, 2.75) is 26.7 Å². The molecule has 0 radical (unpaired) electrons. The van der Waals surface area contributed by atoms with Gasteiger partial charge < -0.3 is 10.6 Å². The van der Waals surface area contributed by atoms with E-state index in [9.17, 15) is 14.9 Å². The van der Waals surface area contributed by atoms with Crippen molar-refractivity contribution in [2.24, 2.45) is 5.41 Å². The molecule has 1 aromatic rings. The van der Waals surface area contributed by atoms with Crippen LogP contribution >= 0.6 is 0 Å². The summed E-state index contributed by atoms with van der Waals surface area (Å²) >= 11 is 0. The number of nitro benzene ring substituents is 1. The number of nitro groups is 1. The molecule has 21 heavy (non-hydrogen) atoms. The first kappa shape index (κ1) is 15.4. The predicted octanol–water partition coefficient (Wildman–Crippen LogP) is 2.02. The molecule has 0 spiro atoms. The highest BCUT2D eigenvalue weighted by molar-refractivity contribution is 5.95. The molecule has 0 aliphatic carbocycles. The van der Waals surface area contributed by atoms with Crippen molar-refractivity contribution in [1.82, 2.24) is 10.6 Å². The summed E-state index contributed by atoms with van der Waals surface area (Å²) < 4.78 is 0. The zero-order valence-electron chi connectivity index (χ0n) is 12.4. The van der Waals surface area contributed by atoms with E-state index in [4.69, 9.17) is 0 Å². The number of rotatable bonds is 4. The van der Waals surface area contributed by atoms with Gasteiger partial charge in [0.05, 0.1) is 4.92 Å². The summed E-state index contributed by atoms with van der Waals surface area (Å²) in [4.78, 5) is 22.6. The molecular weight excluding hydrogens is 270 g/mol. The van der Waals surface area contributed by atoms with Gasteiger partial charge in [-0.05, 0) is 44.3 Å². The van der Waals surface area contributed by atoms with Crippen LogP contribution in [-0.4, -0.2) is 30.5 Å². The molecule has 1 heterocycles. The Morgan fingerprint density at radius 3 is 2.71 bits per heavy atom. The molecule has 1 fully saturated rings. The summed E-state index contributed by atoms with van der Waals surface area (Å²) in [5.41, 5.74) is 0.972. The number of nitrogens with zero attached hydrogens (tertiary/aromatic N) is 1. The van der Waals surface area contributed by atoms with E-state index < -0.39 is 4.92 Å². The van der Waals surface area contributed by atoms with Gasteiger partial charge in [0, 0.05) is 23.7 Å². The molecule has 0 unspecified atom stereocenters. The minimum Gasteiger partial charge on any atom is -0.351 e. The van der Waals surface area contributed by atoms with Crippen molar-refractivity contribution in [2.75, 3.05) is 19.6 Å². The summed E-state index contributed by atoms with van der Waals surface area (Å²) in [5, 5.41) is 17.1. The zero-order valence-corrected chi connectivity index (χ0v) is 12.4. The fourth-order valence-electron chi connectivity index (χ4n) is 2.55. The molecule has 1 aliphatic rings. The van der Waals surface area contributed by atoms with Crippen LogP contribution in [0.4, 0.5) is 5.69 Å². The molecule has 1 saturated heterocycles. The summed E-state index contributed by atoms with van der Waals surface area (Å²) in [7, 11) is 0. The lowest BCUT2D eigenvalue weighted by Crippen LogP contribution is -2.42. The van der Waals surface area contributed by atoms with Crippen LogP contribution in [0.3, 0.4) is 0 Å². The van der Waals surface area contributed by atoms with Gasteiger partial charge in [0.15, 0.2) is 0 Å². The molecule has 2 rings (SSSR count). The Morgan fingerprint density at radius 1 is 1.43 bits per heavy atom. The number of carbonyl (C=O) groups is 1. The summed E-state index contributed by atoms with van der Waals surface area (Å²) in [6, 6.07) is 4.58. The lowest BCUT2D eigenvalue weighted by atomic mass is 9.81. The number of aryl methyl sites for hydroxylation is 1. The van der Waals surface area contributed by atoms with Crippen LogP contribution in [0.2, 0.25) is 0 Å². The van der Waals surface area contributed by atoms with Crippen LogP contribution in [-0.2, 0) is 0 Å². The number of carbonyl (C=O) groups excluding carboxylic acids is 1. The lowest BCUT2D eigenvalue weighted by molar-refractivity contribution is -0.385. The molecule has 6 nitrogen and oxygen atoms in total. The largest absolute Gasteiger partial charge is 0.351 e. The van der Waals surface area contributed by atoms with E-state index in [0.717, 1.165) is 25.9 Å². The van der Waals surface area contributed by atoms with E-state index in [1.807, 2.05) is 0 Å². The molecule has 0 atom stereocenters. The van der Waals surface area contributed by atoms with Gasteiger partial charge in [0.2, 0.25) is 0 Å². The first-order chi connectivity index (χ1) is 9.91. The maximum atomic E-state index is 12.2. The molecule has 0 aromatic heterocycles. The maximum absolute atomic E-state index is 12.2. The highest BCUT2D eigenvalue weighted by Gasteiger charge is 2.27. The average Bonchev–Trinajstić information content (AvgIpc) is 2.46. The fourth-order valence-corrected chi connectivity index (χ4v) is 2.55. The fraction of sp³-hybridized carbons (Fsp3) is 0.533. The monoisotopic (exact) mass is 291 g/mol. The Kier molecular flexibility index (Phi) is 4.57. The Hall–Kier alpha value is -1.95. The zero-order chi connectivity index (χ0) is 15.5. The van der Waals surface area contributed by atoms with Gasteiger partial charge in [-0.1, -0.05) is 13.0 Å². The third-order valence-electron chi connectivity index (χ3n) is 4.15. The average molecular weight is 291 g/mol. The molecular formula is C15H21N3O3. The number of benzene rings is 1. The third kappa shape index (κ3) is 3.78. The van der Waals surface area contributed by atoms with Gasteiger partial charge >= 0.3 is 0 Å². The third-order valence-corrected chi connectivity index (χ3v) is 4.15. The Morgan fingerprint density at radius 2 is 2.10 bits per heavy atom. The van der Waals surface area contributed by atoms with Crippen LogP contribution in [0, 0.1) is 22.5 Å². The van der Waals surface area contributed by atoms with Crippen molar-refractivity contribution in [3.63, 3.8) is 0 Å². The van der Waals surface area contributed by atoms with Crippen molar-refractivity contribution in [3.05, 3.63) is 39.4 Å². The van der Waals surface area contributed by atoms with E-state index in [1.54, 1.807) is 19.1 Å². The van der Waals surface area contributed by atoms with E-state index >= 15 is 0 Å². The standard InChI is InChI=1S/C15H21N3O3/c1-11-3-4-12(9-13(11)18(20)21)14(19)17-10-15(2)5-7-16-8-6-15/h3-4,9,16H,5-8,10H2,1-2H3,(H,17,19). The first-order valence-corrected chi connectivity index (χ1v) is 7.15. The highest BCUT2D eigenvalue weighted by Crippen LogP contribution is 2.27. The van der Waals surface area contributed by atoms with Gasteiger partial charge in [-0.15, -0.1) is 0 Å². The SMILES string of the molecule is Cc1ccc(C(=O)NCC2(C)CCNCC2)cc1[N+](=O)[O-]. The maximum Gasteiger partial charge on any atom is 0.273 e. The van der Waals surface area contributed by atoms with Crippen molar-refractivity contribution < 1.29 is 9.72 Å². The highest BCUT2D eigenvalue weighted by atomic mass is 16.6. The van der Waals surface area contributed by atoms with E-state index in [2.05, 4.69) is 17.6 Å². The number of hydrogen-bond donors (Lipinski definition) is 2. The van der Waals surface area contributed by atoms with Gasteiger partial charge in [-0.3, -0.25) is 14.9 Å². The molecule has 1 aliphatic heterocycles. The second-order valence-corrected chi connectivity index (χ2v) is 6.00. The summed E-state index contributed by atoms with van der Waals surface area (Å²) in [5.74, 6) is -0.252. The lowest BCUT2D eigenvalue weighted by Gasteiger charge is -2.34. The van der Waals surface area contributed by atoms with Crippen LogP contribution in [0.5, 0.6) is 0 Å². The van der Waals surface area contributed by atoms with Crippen LogP contribution in [0.25, 0.3) is 0 Å². The molecule has 1 amide bonds. The van der Waals surface area contributed by atoms with E-state index in [1.165, 1.54) is 6.07 Å². The molecule has 1 aromatic carbocycles. The van der Waals surface area contributed by atoms with E-state index in [-0.39, 0.29) is 17.0 Å². The van der Waals surface area contributed by atoms with Gasteiger partial charge in [-0.2, -0.15) is 0 Å². The van der Waals surface area contributed by atoms with Crippen LogP contribution < -0.4 is 10.6 Å². The summed E-state index contributed by atoms with van der Waals surface area (Å²) in [6.07, 6.45) is 2.03. The summed E-state index contributed by atoms with van der Waals surface area (Å²) in [6.45, 7) is 6.33. The van der Waals surface area contributed by atoms with E-state index in [0.29, 0.717) is 17.7 Å². The molecule has 2 N–H and O–H groups in total. The van der Waals surface area contributed by atoms with Gasteiger partial charge in [0.25, 0.3) is 11.6 Å². The Balaban J connectivity index is 2.03. The molecule has 0 bridgehead atoms. The Labute approximate surface area is 124 Å². The normalized spacial score (nSPS) is 17.2. The van der Waals surface area contributed by atoms with Crippen molar-refractivity contribution in [3.8, 4) is 0 Å². The number of amides is 1. The number of hydrogen-bond acceptors (Lipinski definition) is 4. The molecule has 114 valence electrons. The smallest absolute Gasteiger partial charge is 0.273 e. The number of nitrogens with one attached hydrogen (secondary N) is 2. The van der Waals surface area contributed by atoms with Gasteiger partial charge in [0.1, 0.15) is 0 Å². The molecule has 0 saturated carbocycles. The minimum atomic E-state index is -0.458. The first-order valence-electron chi connectivity index (χ1n) is 7.15. The van der Waals surface area contributed by atoms with Crippen LogP contribution in [0.1, 0.15) is 35.7 Å². The second-order valence-electron chi connectivity index (χ2n) is 6.00. The van der Waals surface area contributed by atoms with Crippen molar-refractivity contribution in [1.29, 1.82) is 0 Å². The van der Waals surface area contributed by atoms with Gasteiger partial charge in [-0.25, -0.2) is 0 Å². The predicted molar refractivity (Wildman–Crippen MR) is 80.4 cm³/mol. The number of piperidine rings is 1. The second kappa shape index (κ2) is 6.22. The quantitative estimate of drug-likeness (QED) is 0.656. The topological polar surface area (TPSA) is 84.3 Å². The minimum absolute atomic E-state index is 0.0178. The van der Waals surface area contributed by atoms with Crippen molar-refractivity contribution >= 4 is 11.6 Å². The Bertz CT molecular complexity index is 551. The van der Waals surface area contributed by atoms with Crippen LogP contribution in [0.15, 0.2) is 18.2 Å².